The van der Waals surface area contributed by atoms with E-state index in [1.807, 2.05) is 24.4 Å². The monoisotopic (exact) mass is 340 g/mol. The molecule has 3 aromatic rings. The Labute approximate surface area is 144 Å². The number of fused-ring (bicyclic) bond motifs is 1. The number of nitrogens with one attached hydrogen (secondary N) is 1. The molecular formula is C20H18F2N2O. The maximum Gasteiger partial charge on any atom is 0.259 e. The van der Waals surface area contributed by atoms with Gasteiger partial charge in [0, 0.05) is 30.2 Å². The summed E-state index contributed by atoms with van der Waals surface area (Å²) in [7, 11) is 0. The third-order valence-corrected chi connectivity index (χ3v) is 5.02. The van der Waals surface area contributed by atoms with Crippen LogP contribution in [0.4, 0.5) is 8.78 Å². The Morgan fingerprint density at radius 3 is 2.40 bits per heavy atom. The van der Waals surface area contributed by atoms with E-state index < -0.39 is 23.1 Å². The highest BCUT2D eigenvalue weighted by molar-refractivity contribution is 5.95. The zero-order valence-electron chi connectivity index (χ0n) is 13.6. The summed E-state index contributed by atoms with van der Waals surface area (Å²) in [5, 5.41) is 1.20. The van der Waals surface area contributed by atoms with Crippen molar-refractivity contribution in [2.24, 2.45) is 0 Å². The molecule has 4 rings (SSSR count). The average Bonchev–Trinajstić information content (AvgIpc) is 3.06. The number of rotatable bonds is 2. The van der Waals surface area contributed by atoms with E-state index in [0.29, 0.717) is 19.0 Å². The summed E-state index contributed by atoms with van der Waals surface area (Å²) in [5.41, 5.74) is 1.90. The third-order valence-electron chi connectivity index (χ3n) is 5.02. The molecular weight excluding hydrogens is 322 g/mol. The quantitative estimate of drug-likeness (QED) is 0.734. The zero-order chi connectivity index (χ0) is 17.4. The predicted molar refractivity (Wildman–Crippen MR) is 92.5 cm³/mol. The number of hydrogen-bond donors (Lipinski definition) is 1. The molecule has 1 saturated heterocycles. The van der Waals surface area contributed by atoms with Crippen LogP contribution in [0.1, 0.15) is 34.7 Å². The van der Waals surface area contributed by atoms with Gasteiger partial charge >= 0.3 is 0 Å². The van der Waals surface area contributed by atoms with Gasteiger partial charge in [-0.15, -0.1) is 0 Å². The molecule has 0 unspecified atom stereocenters. The van der Waals surface area contributed by atoms with Gasteiger partial charge in [0.1, 0.15) is 17.2 Å². The van der Waals surface area contributed by atoms with Crippen LogP contribution in [0.2, 0.25) is 0 Å². The maximum atomic E-state index is 13.8. The molecule has 1 amide bonds. The summed E-state index contributed by atoms with van der Waals surface area (Å²) >= 11 is 0. The highest BCUT2D eigenvalue weighted by atomic mass is 19.1. The Hall–Kier alpha value is -2.69. The van der Waals surface area contributed by atoms with Crippen molar-refractivity contribution in [2.45, 2.75) is 18.8 Å². The van der Waals surface area contributed by atoms with Gasteiger partial charge in [0.15, 0.2) is 0 Å². The Kier molecular flexibility index (Phi) is 3.99. The zero-order valence-corrected chi connectivity index (χ0v) is 13.6. The van der Waals surface area contributed by atoms with Gasteiger partial charge in [-0.3, -0.25) is 4.79 Å². The SMILES string of the molecule is O=C(c1c(F)cccc1F)N1CCC(c2c[nH]c3ccccc23)CC1. The minimum Gasteiger partial charge on any atom is -0.361 e. The fourth-order valence-corrected chi connectivity index (χ4v) is 3.69. The molecule has 5 heteroatoms. The van der Waals surface area contributed by atoms with E-state index in [-0.39, 0.29) is 0 Å². The van der Waals surface area contributed by atoms with E-state index in [1.54, 1.807) is 4.90 Å². The summed E-state index contributed by atoms with van der Waals surface area (Å²) in [6, 6.07) is 11.6. The normalized spacial score (nSPS) is 15.7. The van der Waals surface area contributed by atoms with Crippen molar-refractivity contribution in [2.75, 3.05) is 13.1 Å². The lowest BCUT2D eigenvalue weighted by Crippen LogP contribution is -2.38. The Bertz CT molecular complexity index is 906. The molecule has 0 saturated carbocycles. The van der Waals surface area contributed by atoms with Crippen molar-refractivity contribution in [3.05, 3.63) is 71.4 Å². The molecule has 3 nitrogen and oxygen atoms in total. The fourth-order valence-electron chi connectivity index (χ4n) is 3.69. The average molecular weight is 340 g/mol. The second-order valence-electron chi connectivity index (χ2n) is 6.45. The molecule has 1 aliphatic heterocycles. The lowest BCUT2D eigenvalue weighted by Gasteiger charge is -2.32. The van der Waals surface area contributed by atoms with Crippen molar-refractivity contribution >= 4 is 16.8 Å². The second kappa shape index (κ2) is 6.31. The summed E-state index contributed by atoms with van der Waals surface area (Å²) in [6.45, 7) is 0.994. The van der Waals surface area contributed by atoms with Crippen LogP contribution >= 0.6 is 0 Å². The van der Waals surface area contributed by atoms with Crippen molar-refractivity contribution in [1.29, 1.82) is 0 Å². The molecule has 1 N–H and O–H groups in total. The first-order valence-electron chi connectivity index (χ1n) is 8.44. The number of aromatic nitrogens is 1. The summed E-state index contributed by atoms with van der Waals surface area (Å²) in [5.74, 6) is -1.83. The number of aromatic amines is 1. The third kappa shape index (κ3) is 2.80. The van der Waals surface area contributed by atoms with Crippen LogP contribution in [0.5, 0.6) is 0 Å². The van der Waals surface area contributed by atoms with E-state index in [2.05, 4.69) is 11.1 Å². The topological polar surface area (TPSA) is 36.1 Å². The van der Waals surface area contributed by atoms with Crippen molar-refractivity contribution in [3.8, 4) is 0 Å². The highest BCUT2D eigenvalue weighted by Crippen LogP contribution is 2.33. The van der Waals surface area contributed by atoms with Crippen LogP contribution in [0.15, 0.2) is 48.7 Å². The van der Waals surface area contributed by atoms with E-state index in [4.69, 9.17) is 0 Å². The summed E-state index contributed by atoms with van der Waals surface area (Å²) in [6.07, 6.45) is 3.59. The Morgan fingerprint density at radius 2 is 1.68 bits per heavy atom. The van der Waals surface area contributed by atoms with Crippen LogP contribution in [0, 0.1) is 11.6 Å². The number of carbonyl (C=O) groups excluding carboxylic acids is 1. The van der Waals surface area contributed by atoms with Crippen LogP contribution in [0.25, 0.3) is 10.9 Å². The van der Waals surface area contributed by atoms with Crippen molar-refractivity contribution in [1.82, 2.24) is 9.88 Å². The minimum absolute atomic E-state index is 0.339. The maximum absolute atomic E-state index is 13.8. The number of piperidine rings is 1. The van der Waals surface area contributed by atoms with Gasteiger partial charge in [-0.25, -0.2) is 8.78 Å². The van der Waals surface area contributed by atoms with Gasteiger partial charge in [0.25, 0.3) is 5.91 Å². The molecule has 0 spiro atoms. The predicted octanol–water partition coefficient (Wildman–Crippen LogP) is 4.47. The number of benzene rings is 2. The number of halogens is 2. The van der Waals surface area contributed by atoms with Crippen LogP contribution in [-0.4, -0.2) is 28.9 Å². The molecule has 2 aromatic carbocycles. The number of likely N-dealkylation sites (tertiary alicyclic amines) is 1. The fraction of sp³-hybridized carbons (Fsp3) is 0.250. The number of carbonyl (C=O) groups is 1. The van der Waals surface area contributed by atoms with Gasteiger partial charge in [-0.1, -0.05) is 24.3 Å². The molecule has 0 aliphatic carbocycles. The molecule has 128 valence electrons. The second-order valence-corrected chi connectivity index (χ2v) is 6.45. The number of H-pyrrole nitrogens is 1. The smallest absolute Gasteiger partial charge is 0.259 e. The van der Waals surface area contributed by atoms with Crippen molar-refractivity contribution < 1.29 is 13.6 Å². The highest BCUT2D eigenvalue weighted by Gasteiger charge is 2.28. The number of hydrogen-bond acceptors (Lipinski definition) is 1. The van der Waals surface area contributed by atoms with E-state index in [1.165, 1.54) is 17.0 Å². The van der Waals surface area contributed by atoms with Gasteiger partial charge in [-0.2, -0.15) is 0 Å². The molecule has 1 aliphatic rings. The molecule has 0 atom stereocenters. The lowest BCUT2D eigenvalue weighted by molar-refractivity contribution is 0.0703. The summed E-state index contributed by atoms with van der Waals surface area (Å²) in [4.78, 5) is 17.3. The first-order chi connectivity index (χ1) is 12.1. The summed E-state index contributed by atoms with van der Waals surface area (Å²) < 4.78 is 27.7. The van der Waals surface area contributed by atoms with Crippen molar-refractivity contribution in [3.63, 3.8) is 0 Å². The van der Waals surface area contributed by atoms with E-state index in [0.717, 1.165) is 30.5 Å². The van der Waals surface area contributed by atoms with E-state index in [9.17, 15) is 13.6 Å². The molecule has 1 aromatic heterocycles. The largest absolute Gasteiger partial charge is 0.361 e. The van der Waals surface area contributed by atoms with Crippen LogP contribution in [-0.2, 0) is 0 Å². The molecule has 1 fully saturated rings. The lowest BCUT2D eigenvalue weighted by atomic mass is 9.89. The Morgan fingerprint density at radius 1 is 1.00 bits per heavy atom. The van der Waals surface area contributed by atoms with Gasteiger partial charge in [-0.05, 0) is 42.5 Å². The van der Waals surface area contributed by atoms with Gasteiger partial charge < -0.3 is 9.88 Å². The number of amides is 1. The van der Waals surface area contributed by atoms with Crippen LogP contribution in [0.3, 0.4) is 0 Å². The first-order valence-corrected chi connectivity index (χ1v) is 8.44. The molecule has 0 bridgehead atoms. The first kappa shape index (κ1) is 15.8. The molecule has 0 radical (unpaired) electrons. The number of nitrogens with zero attached hydrogens (tertiary/aromatic N) is 1. The minimum atomic E-state index is -0.802. The Balaban J connectivity index is 1.51. The van der Waals surface area contributed by atoms with Gasteiger partial charge in [0.2, 0.25) is 0 Å². The number of para-hydroxylation sites is 1. The molecule has 2 heterocycles. The standard InChI is InChI=1S/C20H18F2N2O/c21-16-5-3-6-17(22)19(16)20(25)24-10-8-13(9-11-24)15-12-23-18-7-2-1-4-14(15)18/h1-7,12-13,23H,8-11H2. The molecule has 25 heavy (non-hydrogen) atoms. The van der Waals surface area contributed by atoms with E-state index >= 15 is 0 Å². The van der Waals surface area contributed by atoms with Gasteiger partial charge in [0.05, 0.1) is 0 Å². The van der Waals surface area contributed by atoms with Crippen LogP contribution < -0.4 is 0 Å².